The fraction of sp³-hybridized carbons (Fsp3) is 0.571. The first kappa shape index (κ1) is 15.2. The van der Waals surface area contributed by atoms with E-state index in [1.807, 2.05) is 6.07 Å². The maximum atomic E-state index is 12.1. The maximum Gasteiger partial charge on any atom is 0.240 e. The number of hydrogen-bond donors (Lipinski definition) is 1. The number of sulfonamides is 1. The standard InChI is InChI=1S/C14H23NO2S/c1-11(2)14(12(3)4)10-15-18(16,17)13-8-6-5-7-9-13/h5-9,11-12,14-15H,10H2,1-4H3. The summed E-state index contributed by atoms with van der Waals surface area (Å²) in [6, 6.07) is 8.50. The van der Waals surface area contributed by atoms with Crippen LogP contribution in [-0.2, 0) is 10.0 Å². The molecule has 0 aliphatic heterocycles. The van der Waals surface area contributed by atoms with E-state index in [1.165, 1.54) is 0 Å². The maximum absolute atomic E-state index is 12.1. The summed E-state index contributed by atoms with van der Waals surface area (Å²) in [4.78, 5) is 0.330. The predicted molar refractivity (Wildman–Crippen MR) is 74.8 cm³/mol. The van der Waals surface area contributed by atoms with Crippen LogP contribution in [0, 0.1) is 17.8 Å². The molecular formula is C14H23NO2S. The molecule has 0 unspecified atom stereocenters. The summed E-state index contributed by atoms with van der Waals surface area (Å²) in [5.41, 5.74) is 0. The normalized spacial score (nSPS) is 12.6. The van der Waals surface area contributed by atoms with E-state index in [4.69, 9.17) is 0 Å². The van der Waals surface area contributed by atoms with Crippen molar-refractivity contribution in [3.05, 3.63) is 30.3 Å². The third kappa shape index (κ3) is 4.10. The first-order valence-electron chi connectivity index (χ1n) is 6.39. The zero-order valence-corrected chi connectivity index (χ0v) is 12.4. The Labute approximate surface area is 111 Å². The number of rotatable bonds is 6. The lowest BCUT2D eigenvalue weighted by Gasteiger charge is -2.24. The molecule has 4 heteroatoms. The van der Waals surface area contributed by atoms with Gasteiger partial charge in [0.15, 0.2) is 0 Å². The van der Waals surface area contributed by atoms with Gasteiger partial charge in [0.05, 0.1) is 4.90 Å². The molecule has 0 fully saturated rings. The fourth-order valence-electron chi connectivity index (χ4n) is 2.13. The predicted octanol–water partition coefficient (Wildman–Crippen LogP) is 2.89. The van der Waals surface area contributed by atoms with Gasteiger partial charge >= 0.3 is 0 Å². The monoisotopic (exact) mass is 269 g/mol. The van der Waals surface area contributed by atoms with Crippen molar-refractivity contribution in [1.29, 1.82) is 0 Å². The van der Waals surface area contributed by atoms with E-state index in [0.717, 1.165) is 0 Å². The minimum atomic E-state index is -3.37. The zero-order chi connectivity index (χ0) is 13.8. The summed E-state index contributed by atoms with van der Waals surface area (Å²) >= 11 is 0. The second kappa shape index (κ2) is 6.34. The summed E-state index contributed by atoms with van der Waals surface area (Å²) < 4.78 is 26.9. The lowest BCUT2D eigenvalue weighted by Crippen LogP contribution is -2.33. The van der Waals surface area contributed by atoms with Gasteiger partial charge < -0.3 is 0 Å². The largest absolute Gasteiger partial charge is 0.240 e. The summed E-state index contributed by atoms with van der Waals surface area (Å²) in [5, 5.41) is 0. The second-order valence-electron chi connectivity index (χ2n) is 5.32. The molecule has 102 valence electrons. The first-order chi connectivity index (χ1) is 8.34. The van der Waals surface area contributed by atoms with Crippen molar-refractivity contribution in [1.82, 2.24) is 4.72 Å². The number of hydrogen-bond acceptors (Lipinski definition) is 2. The summed E-state index contributed by atoms with van der Waals surface area (Å²) in [7, 11) is -3.37. The van der Waals surface area contributed by atoms with Crippen molar-refractivity contribution < 1.29 is 8.42 Å². The van der Waals surface area contributed by atoms with Crippen LogP contribution in [0.2, 0.25) is 0 Å². The molecule has 1 N–H and O–H groups in total. The van der Waals surface area contributed by atoms with Crippen LogP contribution < -0.4 is 4.72 Å². The molecule has 0 aliphatic carbocycles. The van der Waals surface area contributed by atoms with Gasteiger partial charge in [-0.3, -0.25) is 0 Å². The Balaban J connectivity index is 2.73. The lowest BCUT2D eigenvalue weighted by molar-refractivity contribution is 0.289. The molecule has 0 bridgehead atoms. The van der Waals surface area contributed by atoms with E-state index in [9.17, 15) is 8.42 Å². The quantitative estimate of drug-likeness (QED) is 0.863. The molecule has 0 aromatic heterocycles. The van der Waals surface area contributed by atoms with E-state index in [0.29, 0.717) is 29.2 Å². The molecule has 3 nitrogen and oxygen atoms in total. The van der Waals surface area contributed by atoms with Crippen molar-refractivity contribution in [2.75, 3.05) is 6.54 Å². The smallest absolute Gasteiger partial charge is 0.211 e. The highest BCUT2D eigenvalue weighted by Gasteiger charge is 2.21. The van der Waals surface area contributed by atoms with Crippen molar-refractivity contribution in [2.24, 2.45) is 17.8 Å². The Morgan fingerprint density at radius 3 is 1.94 bits per heavy atom. The van der Waals surface area contributed by atoms with E-state index >= 15 is 0 Å². The van der Waals surface area contributed by atoms with Crippen LogP contribution in [0.25, 0.3) is 0 Å². The molecule has 1 rings (SSSR count). The van der Waals surface area contributed by atoms with Crippen LogP contribution in [-0.4, -0.2) is 15.0 Å². The van der Waals surface area contributed by atoms with E-state index in [1.54, 1.807) is 24.3 Å². The molecule has 0 heterocycles. The average molecular weight is 269 g/mol. The number of nitrogens with one attached hydrogen (secondary N) is 1. The summed E-state index contributed by atoms with van der Waals surface area (Å²) in [6.07, 6.45) is 0. The van der Waals surface area contributed by atoms with E-state index in [-0.39, 0.29) is 0 Å². The Morgan fingerprint density at radius 2 is 1.50 bits per heavy atom. The highest BCUT2D eigenvalue weighted by Crippen LogP contribution is 2.20. The molecular weight excluding hydrogens is 246 g/mol. The minimum Gasteiger partial charge on any atom is -0.211 e. The van der Waals surface area contributed by atoms with Gasteiger partial charge in [-0.15, -0.1) is 0 Å². The molecule has 0 saturated carbocycles. The highest BCUT2D eigenvalue weighted by molar-refractivity contribution is 7.89. The first-order valence-corrected chi connectivity index (χ1v) is 7.87. The molecule has 0 atom stereocenters. The zero-order valence-electron chi connectivity index (χ0n) is 11.6. The molecule has 0 radical (unpaired) electrons. The molecule has 1 aromatic carbocycles. The third-order valence-electron chi connectivity index (χ3n) is 3.28. The van der Waals surface area contributed by atoms with Crippen LogP contribution in [0.1, 0.15) is 27.7 Å². The van der Waals surface area contributed by atoms with E-state index < -0.39 is 10.0 Å². The van der Waals surface area contributed by atoms with E-state index in [2.05, 4.69) is 32.4 Å². The minimum absolute atomic E-state index is 0.330. The van der Waals surface area contributed by atoms with Gasteiger partial charge in [-0.1, -0.05) is 45.9 Å². The second-order valence-corrected chi connectivity index (χ2v) is 7.08. The van der Waals surface area contributed by atoms with Crippen molar-refractivity contribution in [3.63, 3.8) is 0 Å². The van der Waals surface area contributed by atoms with Crippen LogP contribution in [0.4, 0.5) is 0 Å². The number of benzene rings is 1. The summed E-state index contributed by atoms with van der Waals surface area (Å²) in [6.45, 7) is 9.00. The average Bonchev–Trinajstić information content (AvgIpc) is 2.29. The van der Waals surface area contributed by atoms with Gasteiger partial charge in [-0.05, 0) is 29.9 Å². The molecule has 1 aromatic rings. The summed E-state index contributed by atoms with van der Waals surface area (Å²) in [5.74, 6) is 1.27. The molecule has 0 amide bonds. The van der Waals surface area contributed by atoms with Crippen molar-refractivity contribution in [2.45, 2.75) is 32.6 Å². The third-order valence-corrected chi connectivity index (χ3v) is 4.71. The Morgan fingerprint density at radius 1 is 1.00 bits per heavy atom. The molecule has 18 heavy (non-hydrogen) atoms. The molecule has 0 saturated heterocycles. The van der Waals surface area contributed by atoms with Crippen LogP contribution in [0.15, 0.2) is 35.2 Å². The van der Waals surface area contributed by atoms with Gasteiger partial charge in [0.1, 0.15) is 0 Å². The van der Waals surface area contributed by atoms with Gasteiger partial charge in [0, 0.05) is 6.54 Å². The van der Waals surface area contributed by atoms with Gasteiger partial charge in [0.25, 0.3) is 0 Å². The van der Waals surface area contributed by atoms with Gasteiger partial charge in [-0.25, -0.2) is 13.1 Å². The topological polar surface area (TPSA) is 46.2 Å². The van der Waals surface area contributed by atoms with Crippen molar-refractivity contribution in [3.8, 4) is 0 Å². The Hall–Kier alpha value is -0.870. The highest BCUT2D eigenvalue weighted by atomic mass is 32.2. The van der Waals surface area contributed by atoms with Gasteiger partial charge in [0.2, 0.25) is 10.0 Å². The van der Waals surface area contributed by atoms with Gasteiger partial charge in [-0.2, -0.15) is 0 Å². The van der Waals surface area contributed by atoms with Crippen molar-refractivity contribution >= 4 is 10.0 Å². The molecule has 0 aliphatic rings. The fourth-order valence-corrected chi connectivity index (χ4v) is 3.22. The Bertz CT molecular complexity index is 444. The van der Waals surface area contributed by atoms with Crippen LogP contribution in [0.5, 0.6) is 0 Å². The lowest BCUT2D eigenvalue weighted by atomic mass is 9.86. The molecule has 0 spiro atoms. The van der Waals surface area contributed by atoms with Crippen LogP contribution in [0.3, 0.4) is 0 Å². The SMILES string of the molecule is CC(C)C(CNS(=O)(=O)c1ccccc1)C(C)C. The Kier molecular flexibility index (Phi) is 5.35. The van der Waals surface area contributed by atoms with Crippen LogP contribution >= 0.6 is 0 Å².